The minimum atomic E-state index is 0.305. The summed E-state index contributed by atoms with van der Waals surface area (Å²) in [6, 6.07) is 6.78. The van der Waals surface area contributed by atoms with Gasteiger partial charge in [-0.1, -0.05) is 0 Å². The van der Waals surface area contributed by atoms with Crippen molar-refractivity contribution in [1.29, 1.82) is 0 Å². The van der Waals surface area contributed by atoms with Crippen LogP contribution in [0.3, 0.4) is 0 Å². The predicted octanol–water partition coefficient (Wildman–Crippen LogP) is 0.969. The van der Waals surface area contributed by atoms with Gasteiger partial charge in [0, 0.05) is 19.2 Å². The van der Waals surface area contributed by atoms with Crippen LogP contribution < -0.4 is 32.0 Å². The lowest BCUT2D eigenvalue weighted by molar-refractivity contribution is 0.398. The number of aromatic nitrogens is 2. The Morgan fingerprint density at radius 1 is 0.857 bits per heavy atom. The van der Waals surface area contributed by atoms with E-state index in [9.17, 15) is 0 Å². The van der Waals surface area contributed by atoms with Crippen LogP contribution in [0.2, 0.25) is 0 Å². The average Bonchev–Trinajstić information content (AvgIpc) is 2.51. The predicted molar refractivity (Wildman–Crippen MR) is 84.4 cm³/mol. The van der Waals surface area contributed by atoms with Gasteiger partial charge < -0.3 is 32.0 Å². The standard InChI is InChI=1S/C7H11N3O.C6H9N3O/c1-9-7-5(8)3-4-6(10-7)11-2;1-10-5-3-2-4(7)6(8)9-5/h3-4H,8H2,1-2H3,(H,9,10);2-3H,7H2,1H3,(H2,8,9). The van der Waals surface area contributed by atoms with Crippen LogP contribution in [-0.2, 0) is 0 Å². The first-order chi connectivity index (χ1) is 10.0. The number of hydrogen-bond donors (Lipinski definition) is 4. The number of pyridine rings is 2. The van der Waals surface area contributed by atoms with Gasteiger partial charge in [-0.15, -0.1) is 0 Å². The Morgan fingerprint density at radius 2 is 1.38 bits per heavy atom. The van der Waals surface area contributed by atoms with Crippen LogP contribution in [-0.4, -0.2) is 31.2 Å². The molecule has 2 aromatic heterocycles. The molecule has 2 aromatic rings. The van der Waals surface area contributed by atoms with Crippen LogP contribution in [0.4, 0.5) is 23.0 Å². The molecule has 7 N–H and O–H groups in total. The summed E-state index contributed by atoms with van der Waals surface area (Å²) in [5, 5.41) is 2.85. The van der Waals surface area contributed by atoms with E-state index < -0.39 is 0 Å². The van der Waals surface area contributed by atoms with Crippen molar-refractivity contribution in [2.45, 2.75) is 0 Å². The molecular weight excluding hydrogens is 272 g/mol. The highest BCUT2D eigenvalue weighted by atomic mass is 16.5. The van der Waals surface area contributed by atoms with Gasteiger partial charge in [-0.3, -0.25) is 0 Å². The molecular formula is C13H20N6O2. The van der Waals surface area contributed by atoms with Crippen molar-refractivity contribution in [1.82, 2.24) is 9.97 Å². The quantitative estimate of drug-likeness (QED) is 0.657. The number of hydrogen-bond acceptors (Lipinski definition) is 8. The normalized spacial score (nSPS) is 9.29. The molecule has 0 radical (unpaired) electrons. The molecule has 8 nitrogen and oxygen atoms in total. The third-order valence-corrected chi connectivity index (χ3v) is 2.49. The fourth-order valence-corrected chi connectivity index (χ4v) is 1.35. The maximum Gasteiger partial charge on any atom is 0.215 e. The van der Waals surface area contributed by atoms with E-state index in [4.69, 9.17) is 26.7 Å². The minimum absolute atomic E-state index is 0.305. The van der Waals surface area contributed by atoms with Crippen molar-refractivity contribution >= 4 is 23.0 Å². The third-order valence-electron chi connectivity index (χ3n) is 2.49. The number of nitrogens with zero attached hydrogens (tertiary/aromatic N) is 2. The van der Waals surface area contributed by atoms with Crippen molar-refractivity contribution in [3.63, 3.8) is 0 Å². The van der Waals surface area contributed by atoms with Gasteiger partial charge in [-0.2, -0.15) is 9.97 Å². The van der Waals surface area contributed by atoms with Gasteiger partial charge in [-0.25, -0.2) is 0 Å². The zero-order chi connectivity index (χ0) is 15.8. The van der Waals surface area contributed by atoms with Gasteiger partial charge >= 0.3 is 0 Å². The molecule has 0 atom stereocenters. The Labute approximate surface area is 123 Å². The van der Waals surface area contributed by atoms with E-state index in [1.807, 2.05) is 0 Å². The smallest absolute Gasteiger partial charge is 0.215 e. The summed E-state index contributed by atoms with van der Waals surface area (Å²) < 4.78 is 9.71. The summed E-state index contributed by atoms with van der Waals surface area (Å²) in [6.07, 6.45) is 0. The van der Waals surface area contributed by atoms with Crippen LogP contribution in [0.1, 0.15) is 0 Å². The van der Waals surface area contributed by atoms with Crippen LogP contribution >= 0.6 is 0 Å². The summed E-state index contributed by atoms with van der Waals surface area (Å²) in [4.78, 5) is 7.87. The lowest BCUT2D eigenvalue weighted by Crippen LogP contribution is -1.99. The molecule has 2 heterocycles. The fourth-order valence-electron chi connectivity index (χ4n) is 1.35. The molecule has 0 saturated heterocycles. The summed E-state index contributed by atoms with van der Waals surface area (Å²) in [5.41, 5.74) is 17.4. The largest absolute Gasteiger partial charge is 0.481 e. The molecule has 0 saturated carbocycles. The SMILES string of the molecule is CNc1nc(OC)ccc1N.COc1ccc(N)c(N)n1. The van der Waals surface area contributed by atoms with Gasteiger partial charge in [0.1, 0.15) is 0 Å². The molecule has 0 bridgehead atoms. The van der Waals surface area contributed by atoms with E-state index in [1.165, 1.54) is 7.11 Å². The lowest BCUT2D eigenvalue weighted by atomic mass is 10.4. The van der Waals surface area contributed by atoms with Crippen LogP contribution in [0.25, 0.3) is 0 Å². The third kappa shape index (κ3) is 4.60. The van der Waals surface area contributed by atoms with Crippen LogP contribution in [0.15, 0.2) is 24.3 Å². The van der Waals surface area contributed by atoms with Crippen molar-refractivity contribution < 1.29 is 9.47 Å². The van der Waals surface area contributed by atoms with E-state index in [-0.39, 0.29) is 0 Å². The van der Waals surface area contributed by atoms with E-state index in [2.05, 4.69) is 15.3 Å². The molecule has 0 aromatic carbocycles. The van der Waals surface area contributed by atoms with E-state index in [0.29, 0.717) is 34.8 Å². The number of ether oxygens (including phenoxy) is 2. The van der Waals surface area contributed by atoms with Crippen molar-refractivity contribution in [3.8, 4) is 11.8 Å². The molecule has 0 aliphatic rings. The molecule has 0 unspecified atom stereocenters. The zero-order valence-electron chi connectivity index (χ0n) is 12.3. The first-order valence-corrected chi connectivity index (χ1v) is 6.06. The van der Waals surface area contributed by atoms with Gasteiger partial charge in [0.05, 0.1) is 25.6 Å². The Kier molecular flexibility index (Phi) is 5.87. The van der Waals surface area contributed by atoms with Gasteiger partial charge in [-0.05, 0) is 12.1 Å². The molecule has 0 aliphatic heterocycles. The van der Waals surface area contributed by atoms with Crippen LogP contribution in [0.5, 0.6) is 11.8 Å². The van der Waals surface area contributed by atoms with Crippen molar-refractivity contribution in [3.05, 3.63) is 24.3 Å². The van der Waals surface area contributed by atoms with E-state index in [0.717, 1.165) is 0 Å². The molecule has 0 fully saturated rings. The Bertz CT molecular complexity index is 591. The Hall–Kier alpha value is -2.90. The van der Waals surface area contributed by atoms with Gasteiger partial charge in [0.2, 0.25) is 11.8 Å². The molecule has 0 amide bonds. The highest BCUT2D eigenvalue weighted by Crippen LogP contribution is 2.18. The molecule has 21 heavy (non-hydrogen) atoms. The Balaban J connectivity index is 0.000000211. The molecule has 0 spiro atoms. The maximum atomic E-state index is 5.57. The molecule has 114 valence electrons. The van der Waals surface area contributed by atoms with Gasteiger partial charge in [0.25, 0.3) is 0 Å². The lowest BCUT2D eigenvalue weighted by Gasteiger charge is -2.04. The average molecular weight is 292 g/mol. The first-order valence-electron chi connectivity index (χ1n) is 6.06. The second-order valence-corrected chi connectivity index (χ2v) is 3.87. The van der Waals surface area contributed by atoms with Crippen molar-refractivity contribution in [2.24, 2.45) is 0 Å². The first kappa shape index (κ1) is 16.2. The molecule has 0 aliphatic carbocycles. The second-order valence-electron chi connectivity index (χ2n) is 3.87. The minimum Gasteiger partial charge on any atom is -0.481 e. The number of rotatable bonds is 3. The number of nitrogens with two attached hydrogens (primary N) is 3. The summed E-state index contributed by atoms with van der Waals surface area (Å²) in [7, 11) is 4.86. The second kappa shape index (κ2) is 7.63. The van der Waals surface area contributed by atoms with E-state index in [1.54, 1.807) is 38.4 Å². The number of nitrogen functional groups attached to an aromatic ring is 3. The zero-order valence-corrected chi connectivity index (χ0v) is 12.3. The molecule has 8 heteroatoms. The number of anilines is 4. The molecule has 2 rings (SSSR count). The number of methoxy groups -OCH3 is 2. The van der Waals surface area contributed by atoms with Crippen LogP contribution in [0, 0.1) is 0 Å². The maximum absolute atomic E-state index is 5.57. The summed E-state index contributed by atoms with van der Waals surface area (Å²) >= 11 is 0. The highest BCUT2D eigenvalue weighted by Gasteiger charge is 1.99. The summed E-state index contributed by atoms with van der Waals surface area (Å²) in [5.74, 6) is 1.99. The fraction of sp³-hybridized carbons (Fsp3) is 0.231. The van der Waals surface area contributed by atoms with E-state index >= 15 is 0 Å². The van der Waals surface area contributed by atoms with Gasteiger partial charge in [0.15, 0.2) is 11.6 Å². The Morgan fingerprint density at radius 3 is 1.86 bits per heavy atom. The highest BCUT2D eigenvalue weighted by molar-refractivity contribution is 5.61. The summed E-state index contributed by atoms with van der Waals surface area (Å²) in [6.45, 7) is 0. The number of nitrogens with one attached hydrogen (secondary N) is 1. The monoisotopic (exact) mass is 292 g/mol. The topological polar surface area (TPSA) is 134 Å². The van der Waals surface area contributed by atoms with Crippen molar-refractivity contribution in [2.75, 3.05) is 43.8 Å².